The van der Waals surface area contributed by atoms with Crippen LogP contribution in [0.25, 0.3) is 0 Å². The van der Waals surface area contributed by atoms with Crippen molar-refractivity contribution >= 4 is 12.0 Å². The Bertz CT molecular complexity index is 839. The molecule has 1 heterocycles. The average Bonchev–Trinajstić information content (AvgIpc) is 3.13. The van der Waals surface area contributed by atoms with Crippen LogP contribution in [0.2, 0.25) is 0 Å². The van der Waals surface area contributed by atoms with Gasteiger partial charge in [0, 0.05) is 0 Å². The van der Waals surface area contributed by atoms with Crippen LogP contribution in [0.15, 0.2) is 54.6 Å². The van der Waals surface area contributed by atoms with E-state index in [0.717, 1.165) is 21.8 Å². The van der Waals surface area contributed by atoms with E-state index in [0.29, 0.717) is 13.0 Å². The van der Waals surface area contributed by atoms with E-state index in [4.69, 9.17) is 14.2 Å². The molecule has 0 radical (unpaired) electrons. The second kappa shape index (κ2) is 10.2. The number of benzene rings is 2. The fourth-order valence-electron chi connectivity index (χ4n) is 3.31. The third kappa shape index (κ3) is 5.37. The molecule has 160 valence electrons. The van der Waals surface area contributed by atoms with E-state index in [1.165, 1.54) is 0 Å². The van der Waals surface area contributed by atoms with E-state index in [9.17, 15) is 14.7 Å². The van der Waals surface area contributed by atoms with Gasteiger partial charge in [-0.25, -0.2) is 9.69 Å². The monoisotopic (exact) mass is 413 g/mol. The molecule has 0 unspecified atom stereocenters. The molecule has 2 aromatic carbocycles. The van der Waals surface area contributed by atoms with Crippen molar-refractivity contribution in [3.63, 3.8) is 0 Å². The second-order valence-corrected chi connectivity index (χ2v) is 7.35. The number of imide groups is 1. The molecule has 2 amide bonds. The molecule has 0 aliphatic carbocycles. The summed E-state index contributed by atoms with van der Waals surface area (Å²) < 4.78 is 15.8. The first-order chi connectivity index (χ1) is 14.5. The molecule has 1 aliphatic rings. The lowest BCUT2D eigenvalue weighted by atomic mass is 10.0. The van der Waals surface area contributed by atoms with Crippen LogP contribution < -0.4 is 4.74 Å². The maximum Gasteiger partial charge on any atom is 0.416 e. The predicted octanol–water partition coefficient (Wildman–Crippen LogP) is 2.80. The van der Waals surface area contributed by atoms with Crippen LogP contribution in [0.4, 0.5) is 4.79 Å². The van der Waals surface area contributed by atoms with E-state index in [1.807, 2.05) is 54.6 Å². The fraction of sp³-hybridized carbons (Fsp3) is 0.391. The highest BCUT2D eigenvalue weighted by Crippen LogP contribution is 2.21. The Balaban J connectivity index is 1.53. The zero-order valence-corrected chi connectivity index (χ0v) is 17.2. The number of amides is 2. The highest BCUT2D eigenvalue weighted by atomic mass is 16.6. The van der Waals surface area contributed by atoms with Gasteiger partial charge in [-0.05, 0) is 29.7 Å². The number of cyclic esters (lactones) is 1. The molecule has 7 heteroatoms. The molecule has 0 bridgehead atoms. The molecule has 0 aromatic heterocycles. The van der Waals surface area contributed by atoms with Gasteiger partial charge in [-0.1, -0.05) is 49.4 Å². The number of aliphatic hydroxyl groups is 1. The van der Waals surface area contributed by atoms with E-state index in [2.05, 4.69) is 0 Å². The molecule has 30 heavy (non-hydrogen) atoms. The zero-order valence-electron chi connectivity index (χ0n) is 17.2. The van der Waals surface area contributed by atoms with E-state index < -0.39 is 24.0 Å². The first-order valence-corrected chi connectivity index (χ1v) is 9.92. The number of hydrogen-bond acceptors (Lipinski definition) is 6. The Kier molecular flexibility index (Phi) is 7.43. The number of carbonyl (C=O) groups excluding carboxylic acids is 2. The van der Waals surface area contributed by atoms with Crippen LogP contribution in [0, 0.1) is 5.92 Å². The summed E-state index contributed by atoms with van der Waals surface area (Å²) in [7, 11) is 1.60. The molecule has 3 rings (SSSR count). The molecule has 7 nitrogen and oxygen atoms in total. The predicted molar refractivity (Wildman–Crippen MR) is 110 cm³/mol. The first-order valence-electron chi connectivity index (χ1n) is 9.92. The molecule has 0 spiro atoms. The Morgan fingerprint density at radius 1 is 1.17 bits per heavy atom. The number of hydrogen-bond donors (Lipinski definition) is 1. The smallest absolute Gasteiger partial charge is 0.416 e. The molecular weight excluding hydrogens is 386 g/mol. The van der Waals surface area contributed by atoms with Gasteiger partial charge in [0.2, 0.25) is 5.91 Å². The summed E-state index contributed by atoms with van der Waals surface area (Å²) in [6.45, 7) is 2.01. The summed E-state index contributed by atoms with van der Waals surface area (Å²) in [4.78, 5) is 26.2. The number of ether oxygens (including phenoxy) is 3. The summed E-state index contributed by atoms with van der Waals surface area (Å²) >= 11 is 0. The van der Waals surface area contributed by atoms with Crippen LogP contribution in [0.5, 0.6) is 5.75 Å². The lowest BCUT2D eigenvalue weighted by Crippen LogP contribution is -2.46. The van der Waals surface area contributed by atoms with Crippen LogP contribution >= 0.6 is 0 Å². The highest BCUT2D eigenvalue weighted by molar-refractivity contribution is 5.95. The van der Waals surface area contributed by atoms with Crippen molar-refractivity contribution < 1.29 is 28.9 Å². The van der Waals surface area contributed by atoms with Crippen molar-refractivity contribution in [1.29, 1.82) is 0 Å². The summed E-state index contributed by atoms with van der Waals surface area (Å²) in [5.74, 6) is -0.510. The lowest BCUT2D eigenvalue weighted by molar-refractivity contribution is -0.138. The number of aliphatic hydroxyl groups excluding tert-OH is 1. The third-order valence-corrected chi connectivity index (χ3v) is 5.20. The molecule has 2 aromatic rings. The zero-order chi connectivity index (χ0) is 21.5. The van der Waals surface area contributed by atoms with Crippen LogP contribution in [-0.2, 0) is 27.3 Å². The summed E-state index contributed by atoms with van der Waals surface area (Å²) in [5.41, 5.74) is 1.93. The molecule has 3 atom stereocenters. The van der Waals surface area contributed by atoms with Crippen molar-refractivity contribution in [2.45, 2.75) is 32.1 Å². The Morgan fingerprint density at radius 3 is 2.53 bits per heavy atom. The minimum absolute atomic E-state index is 0.0226. The van der Waals surface area contributed by atoms with Crippen molar-refractivity contribution in [3.05, 3.63) is 65.7 Å². The van der Waals surface area contributed by atoms with E-state index >= 15 is 0 Å². The van der Waals surface area contributed by atoms with Gasteiger partial charge in [-0.15, -0.1) is 0 Å². The normalized spacial score (nSPS) is 18.0. The number of methoxy groups -OCH3 is 1. The molecular formula is C23H27NO6. The van der Waals surface area contributed by atoms with E-state index in [1.54, 1.807) is 14.0 Å². The highest BCUT2D eigenvalue weighted by Gasteiger charge is 2.41. The minimum atomic E-state index is -1.04. The lowest BCUT2D eigenvalue weighted by Gasteiger charge is -2.25. The van der Waals surface area contributed by atoms with Crippen molar-refractivity contribution in [3.8, 4) is 5.75 Å². The van der Waals surface area contributed by atoms with Gasteiger partial charge in [0.05, 0.1) is 38.4 Å². The quantitative estimate of drug-likeness (QED) is 0.681. The maximum absolute atomic E-state index is 12.9. The van der Waals surface area contributed by atoms with Gasteiger partial charge in [0.25, 0.3) is 0 Å². The van der Waals surface area contributed by atoms with Gasteiger partial charge in [-0.2, -0.15) is 0 Å². The van der Waals surface area contributed by atoms with Gasteiger partial charge in [0.15, 0.2) is 0 Å². The summed E-state index contributed by atoms with van der Waals surface area (Å²) in [5, 5.41) is 10.4. The van der Waals surface area contributed by atoms with Gasteiger partial charge in [-0.3, -0.25) is 4.79 Å². The molecule has 0 saturated carbocycles. The first kappa shape index (κ1) is 21.8. The Labute approximate surface area is 176 Å². The van der Waals surface area contributed by atoms with Gasteiger partial charge in [0.1, 0.15) is 12.4 Å². The third-order valence-electron chi connectivity index (χ3n) is 5.20. The molecule has 1 aliphatic heterocycles. The largest absolute Gasteiger partial charge is 0.497 e. The number of rotatable bonds is 9. The second-order valence-electron chi connectivity index (χ2n) is 7.35. The average molecular weight is 413 g/mol. The van der Waals surface area contributed by atoms with Crippen LogP contribution in [0.1, 0.15) is 18.1 Å². The topological polar surface area (TPSA) is 85.3 Å². The summed E-state index contributed by atoms with van der Waals surface area (Å²) in [6.07, 6.45) is -1.20. The standard InChI is InChI=1S/C23H27NO6/c1-16(21(25)15-29-13-18-8-10-20(28-2)11-9-18)22(26)24-19(14-30-23(24)27)12-17-6-4-3-5-7-17/h3-11,16,19,21,25H,12-15H2,1-2H3/t16-,19-,21+/m1/s1. The molecule has 1 N–H and O–H groups in total. The van der Waals surface area contributed by atoms with Gasteiger partial charge >= 0.3 is 6.09 Å². The summed E-state index contributed by atoms with van der Waals surface area (Å²) in [6, 6.07) is 16.6. The SMILES string of the molecule is COc1ccc(COC[C@H](O)[C@@H](C)C(=O)N2C(=O)OC[C@H]2Cc2ccccc2)cc1. The van der Waals surface area contributed by atoms with Crippen molar-refractivity contribution in [1.82, 2.24) is 4.90 Å². The maximum atomic E-state index is 12.9. The van der Waals surface area contributed by atoms with Crippen LogP contribution in [0.3, 0.4) is 0 Å². The van der Waals surface area contributed by atoms with E-state index in [-0.39, 0.29) is 19.3 Å². The Hall–Kier alpha value is -2.90. The van der Waals surface area contributed by atoms with Gasteiger partial charge < -0.3 is 19.3 Å². The molecule has 1 fully saturated rings. The Morgan fingerprint density at radius 2 is 1.87 bits per heavy atom. The number of carbonyl (C=O) groups is 2. The van der Waals surface area contributed by atoms with Crippen molar-refractivity contribution in [2.75, 3.05) is 20.3 Å². The number of nitrogens with zero attached hydrogens (tertiary/aromatic N) is 1. The molecule has 1 saturated heterocycles. The van der Waals surface area contributed by atoms with Crippen LogP contribution in [-0.4, -0.2) is 54.5 Å². The van der Waals surface area contributed by atoms with Crippen molar-refractivity contribution in [2.24, 2.45) is 5.92 Å². The minimum Gasteiger partial charge on any atom is -0.497 e. The fourth-order valence-corrected chi connectivity index (χ4v) is 3.31.